The fraction of sp³-hybridized carbons (Fsp3) is 0.522. The normalized spacial score (nSPS) is 19.2. The number of fused-ring (bicyclic) bond motifs is 1. The highest BCUT2D eigenvalue weighted by Crippen LogP contribution is 2.35. The van der Waals surface area contributed by atoms with Gasteiger partial charge in [0.05, 0.1) is 11.9 Å². The summed E-state index contributed by atoms with van der Waals surface area (Å²) in [7, 11) is 0. The molecule has 32 heavy (non-hydrogen) atoms. The van der Waals surface area contributed by atoms with E-state index >= 15 is 0 Å². The summed E-state index contributed by atoms with van der Waals surface area (Å²) in [5.41, 5.74) is 1.24. The van der Waals surface area contributed by atoms with Crippen LogP contribution in [0.5, 0.6) is 0 Å². The first-order chi connectivity index (χ1) is 15.5. The summed E-state index contributed by atoms with van der Waals surface area (Å²) >= 11 is 0. The van der Waals surface area contributed by atoms with Crippen molar-refractivity contribution in [1.82, 2.24) is 19.5 Å². The number of anilines is 3. The van der Waals surface area contributed by atoms with Crippen molar-refractivity contribution in [3.05, 3.63) is 36.0 Å². The molecule has 0 unspecified atom stereocenters. The zero-order valence-corrected chi connectivity index (χ0v) is 18.2. The molecule has 0 radical (unpaired) electrons. The van der Waals surface area contributed by atoms with Gasteiger partial charge >= 0.3 is 0 Å². The molecule has 3 aromatic rings. The van der Waals surface area contributed by atoms with Crippen LogP contribution in [-0.4, -0.2) is 38.3 Å². The van der Waals surface area contributed by atoms with E-state index in [0.717, 1.165) is 44.6 Å². The van der Waals surface area contributed by atoms with E-state index in [2.05, 4.69) is 27.5 Å². The first kappa shape index (κ1) is 21.1. The number of nitrogens with zero attached hydrogens (tertiary/aromatic N) is 4. The van der Waals surface area contributed by atoms with Crippen LogP contribution in [0.3, 0.4) is 0 Å². The van der Waals surface area contributed by atoms with Gasteiger partial charge in [-0.3, -0.25) is 4.57 Å². The lowest BCUT2D eigenvalue weighted by Gasteiger charge is -2.34. The van der Waals surface area contributed by atoms with E-state index < -0.39 is 11.6 Å². The second kappa shape index (κ2) is 8.61. The lowest BCUT2D eigenvalue weighted by molar-refractivity contribution is 0.0656. The van der Waals surface area contributed by atoms with E-state index in [-0.39, 0.29) is 17.3 Å². The molecule has 1 aliphatic carbocycles. The third-order valence-electron chi connectivity index (χ3n) is 6.58. The molecule has 9 heteroatoms. The molecule has 1 aliphatic heterocycles. The van der Waals surface area contributed by atoms with Crippen molar-refractivity contribution < 1.29 is 13.5 Å². The number of hydrogen-bond donors (Lipinski definition) is 2. The van der Waals surface area contributed by atoms with Crippen molar-refractivity contribution in [2.45, 2.75) is 63.5 Å². The molecule has 0 atom stereocenters. The molecular formula is C23H28F2N6O. The van der Waals surface area contributed by atoms with Gasteiger partial charge in [-0.2, -0.15) is 4.98 Å². The number of rotatable bonds is 5. The van der Waals surface area contributed by atoms with Crippen LogP contribution in [0, 0.1) is 11.6 Å². The Morgan fingerprint density at radius 1 is 1.09 bits per heavy atom. The molecule has 5 rings (SSSR count). The predicted molar refractivity (Wildman–Crippen MR) is 119 cm³/mol. The average Bonchev–Trinajstić information content (AvgIpc) is 3.15. The summed E-state index contributed by atoms with van der Waals surface area (Å²) in [6.07, 6.45) is 8.87. The first-order valence-electron chi connectivity index (χ1n) is 11.3. The smallest absolute Gasteiger partial charge is 0.225 e. The maximum absolute atomic E-state index is 14.4. The van der Waals surface area contributed by atoms with Crippen LogP contribution in [0.4, 0.5) is 26.4 Å². The third kappa shape index (κ3) is 4.13. The van der Waals surface area contributed by atoms with Crippen molar-refractivity contribution in [2.24, 2.45) is 0 Å². The van der Waals surface area contributed by atoms with Crippen LogP contribution in [0.2, 0.25) is 0 Å². The van der Waals surface area contributed by atoms with Gasteiger partial charge in [-0.1, -0.05) is 25.3 Å². The number of halogens is 2. The minimum atomic E-state index is -0.921. The number of aromatic nitrogens is 4. The molecule has 2 aliphatic rings. The molecule has 170 valence electrons. The van der Waals surface area contributed by atoms with E-state index in [9.17, 15) is 8.78 Å². The Kier molecular flexibility index (Phi) is 5.67. The Balaban J connectivity index is 1.54. The van der Waals surface area contributed by atoms with Crippen molar-refractivity contribution in [1.29, 1.82) is 0 Å². The molecule has 1 aromatic carbocycles. The summed E-state index contributed by atoms with van der Waals surface area (Å²) in [5, 5.41) is 6.49. The molecule has 2 N–H and O–H groups in total. The first-order valence-corrected chi connectivity index (χ1v) is 11.3. The molecule has 0 amide bonds. The van der Waals surface area contributed by atoms with E-state index in [0.29, 0.717) is 36.3 Å². The van der Waals surface area contributed by atoms with Crippen molar-refractivity contribution in [2.75, 3.05) is 23.8 Å². The van der Waals surface area contributed by atoms with Gasteiger partial charge in [0.15, 0.2) is 17.3 Å². The van der Waals surface area contributed by atoms with Crippen molar-refractivity contribution >= 4 is 28.7 Å². The number of ether oxygens (including phenoxy) is 1. The second-order valence-corrected chi connectivity index (χ2v) is 9.02. The topological polar surface area (TPSA) is 76.9 Å². The number of imidazole rings is 1. The van der Waals surface area contributed by atoms with Crippen LogP contribution in [0.25, 0.3) is 11.2 Å². The molecule has 1 saturated carbocycles. The summed E-state index contributed by atoms with van der Waals surface area (Å²) in [6.45, 7) is 3.57. The second-order valence-electron chi connectivity index (χ2n) is 9.02. The van der Waals surface area contributed by atoms with E-state index in [1.165, 1.54) is 18.6 Å². The van der Waals surface area contributed by atoms with Crippen molar-refractivity contribution in [3.63, 3.8) is 0 Å². The number of benzene rings is 1. The number of nitrogens with one attached hydrogen (secondary N) is 2. The highest BCUT2D eigenvalue weighted by atomic mass is 19.2. The summed E-state index contributed by atoms with van der Waals surface area (Å²) in [4.78, 5) is 14.0. The van der Waals surface area contributed by atoms with Gasteiger partial charge in [0.25, 0.3) is 0 Å². The lowest BCUT2D eigenvalue weighted by atomic mass is 9.93. The quantitative estimate of drug-likeness (QED) is 0.556. The molecule has 0 bridgehead atoms. The maximum Gasteiger partial charge on any atom is 0.225 e. The standard InChI is InChI=1S/C23H28F2N6O/c1-23(10-12-32-13-11-23)30-21-26-14-18-20(29-21)31(15-6-3-2-4-7-15)22(28-18)27-17-9-5-8-16(24)19(17)25/h5,8-9,14-15H,2-4,6-7,10-13H2,1H3,(H,27,28)(H,26,29,30). The molecule has 3 heterocycles. The SMILES string of the molecule is CC1(Nc2ncc3nc(Nc4cccc(F)c4F)n(C4CCCCC4)c3n2)CCOCC1. The Morgan fingerprint density at radius 3 is 2.66 bits per heavy atom. The monoisotopic (exact) mass is 442 g/mol. The van der Waals surface area contributed by atoms with Gasteiger partial charge in [-0.15, -0.1) is 0 Å². The van der Waals surface area contributed by atoms with Crippen LogP contribution < -0.4 is 10.6 Å². The van der Waals surface area contributed by atoms with Gasteiger partial charge in [-0.25, -0.2) is 18.7 Å². The third-order valence-corrected chi connectivity index (χ3v) is 6.58. The predicted octanol–water partition coefficient (Wildman–Crippen LogP) is 5.33. The summed E-state index contributed by atoms with van der Waals surface area (Å²) in [6, 6.07) is 4.28. The zero-order chi connectivity index (χ0) is 22.1. The van der Waals surface area contributed by atoms with Crippen LogP contribution in [0.15, 0.2) is 24.4 Å². The Hall–Kier alpha value is -2.81. The summed E-state index contributed by atoms with van der Waals surface area (Å²) in [5.74, 6) is -0.815. The molecule has 1 saturated heterocycles. The van der Waals surface area contributed by atoms with Gasteiger partial charge in [0, 0.05) is 24.8 Å². The number of hydrogen-bond acceptors (Lipinski definition) is 6. The minimum absolute atomic E-state index is 0.0541. The largest absolute Gasteiger partial charge is 0.381 e. The average molecular weight is 443 g/mol. The maximum atomic E-state index is 14.4. The van der Waals surface area contributed by atoms with Crippen LogP contribution >= 0.6 is 0 Å². The molecule has 2 fully saturated rings. The summed E-state index contributed by atoms with van der Waals surface area (Å²) < 4.78 is 35.7. The van der Waals surface area contributed by atoms with Gasteiger partial charge < -0.3 is 15.4 Å². The fourth-order valence-electron chi connectivity index (χ4n) is 4.66. The highest BCUT2D eigenvalue weighted by Gasteiger charge is 2.29. The highest BCUT2D eigenvalue weighted by molar-refractivity contribution is 5.76. The van der Waals surface area contributed by atoms with Gasteiger partial charge in [0.1, 0.15) is 5.52 Å². The lowest BCUT2D eigenvalue weighted by Crippen LogP contribution is -2.41. The molecule has 0 spiro atoms. The zero-order valence-electron chi connectivity index (χ0n) is 18.2. The Morgan fingerprint density at radius 2 is 1.88 bits per heavy atom. The van der Waals surface area contributed by atoms with Crippen LogP contribution in [-0.2, 0) is 4.74 Å². The molecule has 7 nitrogen and oxygen atoms in total. The van der Waals surface area contributed by atoms with E-state index in [4.69, 9.17) is 9.72 Å². The minimum Gasteiger partial charge on any atom is -0.381 e. The van der Waals surface area contributed by atoms with Crippen molar-refractivity contribution in [3.8, 4) is 0 Å². The van der Waals surface area contributed by atoms with Gasteiger partial charge in [0.2, 0.25) is 11.9 Å². The Bertz CT molecular complexity index is 1110. The van der Waals surface area contributed by atoms with E-state index in [1.54, 1.807) is 6.20 Å². The van der Waals surface area contributed by atoms with Gasteiger partial charge in [-0.05, 0) is 44.7 Å². The van der Waals surface area contributed by atoms with Crippen LogP contribution in [0.1, 0.15) is 57.9 Å². The Labute approximate surface area is 185 Å². The molecule has 2 aromatic heterocycles. The fourth-order valence-corrected chi connectivity index (χ4v) is 4.66. The van der Waals surface area contributed by atoms with E-state index in [1.807, 2.05) is 4.57 Å². The molecular weight excluding hydrogens is 414 g/mol.